The minimum absolute atomic E-state index is 0.180. The molecule has 1 saturated carbocycles. The van der Waals surface area contributed by atoms with Crippen molar-refractivity contribution in [1.82, 2.24) is 4.90 Å². The number of hydrogen-bond acceptors (Lipinski definition) is 4. The fraction of sp³-hybridized carbons (Fsp3) is 0.588. The molecule has 1 saturated heterocycles. The molecular formula is C34H50INO3Si. The maximum atomic E-state index is 7.21. The predicted molar refractivity (Wildman–Crippen MR) is 179 cm³/mol. The molecule has 2 aromatic carbocycles. The van der Waals surface area contributed by atoms with Crippen LogP contribution in [0.2, 0.25) is 18.1 Å². The number of nitrogens with zero attached hydrogens (tertiary/aromatic N) is 1. The second-order valence-corrected chi connectivity index (χ2v) is 18.7. The SMILES string of the molecule is CC(C)(C)[Si](C)(C)OC1CC(OCc2ccc(-c3ccccc3)cc2)C(CC/C=C/CCI)C1N1CCOCC1. The van der Waals surface area contributed by atoms with Crippen LogP contribution in [0.25, 0.3) is 11.1 Å². The molecule has 4 unspecified atom stereocenters. The van der Waals surface area contributed by atoms with Crippen molar-refractivity contribution in [3.63, 3.8) is 0 Å². The van der Waals surface area contributed by atoms with Gasteiger partial charge in [-0.25, -0.2) is 0 Å². The van der Waals surface area contributed by atoms with Crippen LogP contribution >= 0.6 is 22.6 Å². The standard InChI is InChI=1S/C34H50INO3Si/c1-34(2,3)40(4,5)39-32-25-31(38-26-27-16-18-29(19-17-27)28-13-9-8-10-14-28)30(15-11-6-7-12-20-35)33(32)36-21-23-37-24-22-36/h6-10,13-14,16-19,30-33H,11-12,15,20-26H2,1-5H3/b7-6+. The van der Waals surface area contributed by atoms with Gasteiger partial charge < -0.3 is 13.9 Å². The van der Waals surface area contributed by atoms with Gasteiger partial charge in [0.25, 0.3) is 0 Å². The summed E-state index contributed by atoms with van der Waals surface area (Å²) >= 11 is 2.45. The summed E-state index contributed by atoms with van der Waals surface area (Å²) in [6.07, 6.45) is 9.47. The van der Waals surface area contributed by atoms with E-state index < -0.39 is 8.32 Å². The Bertz CT molecular complexity index is 1050. The lowest BCUT2D eigenvalue weighted by molar-refractivity contribution is -0.0340. The van der Waals surface area contributed by atoms with Crippen LogP contribution in [0.15, 0.2) is 66.7 Å². The topological polar surface area (TPSA) is 30.9 Å². The number of ether oxygens (including phenoxy) is 2. The number of morpholine rings is 1. The molecule has 0 N–H and O–H groups in total. The Balaban J connectivity index is 1.53. The van der Waals surface area contributed by atoms with E-state index in [9.17, 15) is 0 Å². The van der Waals surface area contributed by atoms with E-state index in [-0.39, 0.29) is 17.2 Å². The zero-order valence-electron chi connectivity index (χ0n) is 25.3. The van der Waals surface area contributed by atoms with Gasteiger partial charge in [0.05, 0.1) is 32.0 Å². The third-order valence-corrected chi connectivity index (χ3v) is 14.2. The van der Waals surface area contributed by atoms with Crippen molar-refractivity contribution in [2.24, 2.45) is 5.92 Å². The highest BCUT2D eigenvalue weighted by Gasteiger charge is 2.50. The number of halogens is 1. The number of rotatable bonds is 12. The van der Waals surface area contributed by atoms with E-state index >= 15 is 0 Å². The molecule has 4 nitrogen and oxygen atoms in total. The third kappa shape index (κ3) is 8.51. The van der Waals surface area contributed by atoms with E-state index in [1.54, 1.807) is 0 Å². The molecule has 0 radical (unpaired) electrons. The predicted octanol–water partition coefficient (Wildman–Crippen LogP) is 8.51. The highest BCUT2D eigenvalue weighted by Crippen LogP contribution is 2.44. The first kappa shape index (κ1) is 31.9. The Hall–Kier alpha value is -1.03. The monoisotopic (exact) mass is 675 g/mol. The minimum atomic E-state index is -1.94. The zero-order chi connectivity index (χ0) is 28.6. The average molecular weight is 676 g/mol. The Morgan fingerprint density at radius 3 is 2.23 bits per heavy atom. The quantitative estimate of drug-likeness (QED) is 0.0978. The summed E-state index contributed by atoms with van der Waals surface area (Å²) in [5.41, 5.74) is 3.73. The van der Waals surface area contributed by atoms with Crippen LogP contribution in [0.5, 0.6) is 0 Å². The lowest BCUT2D eigenvalue weighted by atomic mass is 9.93. The molecule has 1 aliphatic carbocycles. The zero-order valence-corrected chi connectivity index (χ0v) is 28.4. The number of allylic oxidation sites excluding steroid dienone is 2. The van der Waals surface area contributed by atoms with Crippen molar-refractivity contribution in [3.8, 4) is 11.1 Å². The lowest BCUT2D eigenvalue weighted by Crippen LogP contribution is -2.54. The first-order chi connectivity index (χ1) is 19.2. The van der Waals surface area contributed by atoms with Gasteiger partial charge in [0, 0.05) is 35.9 Å². The molecule has 0 bridgehead atoms. The van der Waals surface area contributed by atoms with E-state index in [0.717, 1.165) is 52.0 Å². The second-order valence-electron chi connectivity index (χ2n) is 12.9. The van der Waals surface area contributed by atoms with Gasteiger partial charge in [-0.2, -0.15) is 0 Å². The first-order valence-corrected chi connectivity index (χ1v) is 19.6. The van der Waals surface area contributed by atoms with Crippen molar-refractivity contribution >= 4 is 30.9 Å². The van der Waals surface area contributed by atoms with Gasteiger partial charge >= 0.3 is 0 Å². The van der Waals surface area contributed by atoms with Gasteiger partial charge in [-0.1, -0.05) is 110 Å². The van der Waals surface area contributed by atoms with Gasteiger partial charge in [-0.3, -0.25) is 4.90 Å². The highest BCUT2D eigenvalue weighted by atomic mass is 127. The van der Waals surface area contributed by atoms with E-state index in [2.05, 4.69) is 128 Å². The van der Waals surface area contributed by atoms with Crippen LogP contribution in [0, 0.1) is 5.92 Å². The normalized spacial score (nSPS) is 24.6. The summed E-state index contributed by atoms with van der Waals surface area (Å²) in [5.74, 6) is 0.445. The van der Waals surface area contributed by atoms with Crippen LogP contribution in [0.3, 0.4) is 0 Å². The van der Waals surface area contributed by atoms with E-state index in [1.165, 1.54) is 21.1 Å². The fourth-order valence-electron chi connectivity index (χ4n) is 5.86. The van der Waals surface area contributed by atoms with Gasteiger partial charge in [0.2, 0.25) is 0 Å². The van der Waals surface area contributed by atoms with Crippen LogP contribution in [-0.4, -0.2) is 62.2 Å². The van der Waals surface area contributed by atoms with Gasteiger partial charge in [-0.05, 0) is 54.1 Å². The molecule has 1 aliphatic heterocycles. The van der Waals surface area contributed by atoms with Crippen LogP contribution < -0.4 is 0 Å². The first-order valence-electron chi connectivity index (χ1n) is 15.2. The Kier molecular flexibility index (Phi) is 11.9. The molecule has 0 aromatic heterocycles. The summed E-state index contributed by atoms with van der Waals surface area (Å²) in [6, 6.07) is 19.8. The molecule has 2 fully saturated rings. The summed E-state index contributed by atoms with van der Waals surface area (Å²) in [5, 5.41) is 0.180. The van der Waals surface area contributed by atoms with E-state index in [4.69, 9.17) is 13.9 Å². The van der Waals surface area contributed by atoms with Crippen LogP contribution in [0.4, 0.5) is 0 Å². The Morgan fingerprint density at radius 1 is 0.925 bits per heavy atom. The van der Waals surface area contributed by atoms with Crippen LogP contribution in [-0.2, 0) is 20.5 Å². The van der Waals surface area contributed by atoms with Gasteiger partial charge in [-0.15, -0.1) is 0 Å². The maximum absolute atomic E-state index is 7.21. The third-order valence-electron chi connectivity index (χ3n) is 9.12. The summed E-state index contributed by atoms with van der Waals surface area (Å²) < 4.78 is 21.0. The van der Waals surface area contributed by atoms with E-state index in [1.807, 2.05) is 0 Å². The number of hydrogen-bond donors (Lipinski definition) is 0. The highest BCUT2D eigenvalue weighted by molar-refractivity contribution is 14.1. The molecular weight excluding hydrogens is 625 g/mol. The lowest BCUT2D eigenvalue weighted by Gasteiger charge is -2.44. The minimum Gasteiger partial charge on any atom is -0.412 e. The number of benzene rings is 2. The molecule has 0 spiro atoms. The molecule has 2 aromatic rings. The summed E-state index contributed by atoms with van der Waals surface area (Å²) in [4.78, 5) is 2.67. The van der Waals surface area contributed by atoms with Gasteiger partial charge in [0.15, 0.2) is 8.32 Å². The molecule has 0 amide bonds. The summed E-state index contributed by atoms with van der Waals surface area (Å²) in [6.45, 7) is 16.1. The van der Waals surface area contributed by atoms with Crippen LogP contribution in [0.1, 0.15) is 52.0 Å². The average Bonchev–Trinajstić information content (AvgIpc) is 3.28. The Morgan fingerprint density at radius 2 is 1.57 bits per heavy atom. The number of alkyl halides is 1. The second kappa shape index (κ2) is 14.9. The largest absolute Gasteiger partial charge is 0.412 e. The van der Waals surface area contributed by atoms with Crippen molar-refractivity contribution < 1.29 is 13.9 Å². The fourth-order valence-corrected chi connectivity index (χ4v) is 7.56. The molecule has 1 heterocycles. The Labute approximate surface area is 258 Å². The molecule has 6 heteroatoms. The molecule has 4 atom stereocenters. The molecule has 4 rings (SSSR count). The van der Waals surface area contributed by atoms with Gasteiger partial charge in [0.1, 0.15) is 0 Å². The van der Waals surface area contributed by atoms with Crippen molar-refractivity contribution in [1.29, 1.82) is 0 Å². The van der Waals surface area contributed by atoms with Crippen molar-refractivity contribution in [2.75, 3.05) is 30.7 Å². The van der Waals surface area contributed by atoms with E-state index in [0.29, 0.717) is 18.6 Å². The molecule has 40 heavy (non-hydrogen) atoms. The van der Waals surface area contributed by atoms with Crippen molar-refractivity contribution in [2.45, 2.75) is 89.4 Å². The smallest absolute Gasteiger partial charge is 0.192 e. The molecule has 220 valence electrons. The van der Waals surface area contributed by atoms with Crippen molar-refractivity contribution in [3.05, 3.63) is 72.3 Å². The molecule has 2 aliphatic rings. The summed E-state index contributed by atoms with van der Waals surface area (Å²) in [7, 11) is -1.94. The maximum Gasteiger partial charge on any atom is 0.192 e.